The minimum absolute atomic E-state index is 0.847. The number of nitrogens with zero attached hydrogens (tertiary/aromatic N) is 1. The highest BCUT2D eigenvalue weighted by Gasteiger charge is 2.00. The van der Waals surface area contributed by atoms with Crippen LogP contribution in [-0.2, 0) is 0 Å². The minimum atomic E-state index is 0.847. The van der Waals surface area contributed by atoms with Gasteiger partial charge in [-0.15, -0.1) is 0 Å². The van der Waals surface area contributed by atoms with Crippen molar-refractivity contribution in [2.75, 3.05) is 6.54 Å². The highest BCUT2D eigenvalue weighted by molar-refractivity contribution is 8.15. The van der Waals surface area contributed by atoms with Crippen molar-refractivity contribution in [1.82, 2.24) is 0 Å². The summed E-state index contributed by atoms with van der Waals surface area (Å²) in [6.07, 6.45) is 2.18. The van der Waals surface area contributed by atoms with Crippen LogP contribution < -0.4 is 0 Å². The van der Waals surface area contributed by atoms with E-state index in [1.165, 1.54) is 10.5 Å². The number of hydrogen-bond acceptors (Lipinski definition) is 2. The molecule has 1 aromatic rings. The molecule has 1 aromatic carbocycles. The molecule has 0 aliphatic carbocycles. The van der Waals surface area contributed by atoms with Crippen LogP contribution >= 0.6 is 11.8 Å². The van der Waals surface area contributed by atoms with Crippen LogP contribution in [0.5, 0.6) is 0 Å². The van der Waals surface area contributed by atoms with E-state index in [9.17, 15) is 0 Å². The summed E-state index contributed by atoms with van der Waals surface area (Å²) in [4.78, 5) is 5.45. The summed E-state index contributed by atoms with van der Waals surface area (Å²) in [5.74, 6) is 0. The van der Waals surface area contributed by atoms with Gasteiger partial charge in [0.25, 0.3) is 0 Å². The smallest absolute Gasteiger partial charge is 0.0709 e. The lowest BCUT2D eigenvalue weighted by molar-refractivity contribution is 1.27. The maximum Gasteiger partial charge on any atom is 0.0709 e. The van der Waals surface area contributed by atoms with Crippen LogP contribution in [0.3, 0.4) is 0 Å². The molecule has 0 amide bonds. The van der Waals surface area contributed by atoms with Gasteiger partial charge >= 0.3 is 0 Å². The summed E-state index contributed by atoms with van der Waals surface area (Å²) in [6, 6.07) is 10.3. The van der Waals surface area contributed by atoms with E-state index in [0.29, 0.717) is 0 Å². The van der Waals surface area contributed by atoms with Crippen LogP contribution in [0.2, 0.25) is 0 Å². The molecule has 1 aliphatic rings. The van der Waals surface area contributed by atoms with Gasteiger partial charge in [0, 0.05) is 4.91 Å². The van der Waals surface area contributed by atoms with Gasteiger partial charge in [-0.25, -0.2) is 0 Å². The van der Waals surface area contributed by atoms with Crippen LogP contribution in [-0.4, -0.2) is 12.1 Å². The summed E-state index contributed by atoms with van der Waals surface area (Å²) < 4.78 is 0. The summed E-state index contributed by atoms with van der Waals surface area (Å²) in [6.45, 7) is 0.847. The molecular formula is C10H9NS. The number of thioether (sulfide) groups is 1. The van der Waals surface area contributed by atoms with Crippen molar-refractivity contribution in [2.24, 2.45) is 4.99 Å². The van der Waals surface area contributed by atoms with Gasteiger partial charge < -0.3 is 0 Å². The second kappa shape index (κ2) is 3.59. The molecule has 1 heterocycles. The third-order valence-corrected chi connectivity index (χ3v) is 2.46. The van der Waals surface area contributed by atoms with Crippen molar-refractivity contribution >= 4 is 23.4 Å². The van der Waals surface area contributed by atoms with Gasteiger partial charge in [0.05, 0.1) is 12.1 Å². The fourth-order valence-electron chi connectivity index (χ4n) is 1.08. The van der Waals surface area contributed by atoms with Crippen molar-refractivity contribution in [2.45, 2.75) is 0 Å². The molecule has 0 saturated carbocycles. The lowest BCUT2D eigenvalue weighted by Gasteiger charge is -1.94. The van der Waals surface area contributed by atoms with Gasteiger partial charge in [0.2, 0.25) is 0 Å². The average molecular weight is 175 g/mol. The Kier molecular flexibility index (Phi) is 2.28. The third kappa shape index (κ3) is 1.77. The quantitative estimate of drug-likeness (QED) is 0.639. The fraction of sp³-hybridized carbons (Fsp3) is 0.100. The highest BCUT2D eigenvalue weighted by Crippen LogP contribution is 2.21. The molecule has 2 heteroatoms. The normalized spacial score (nSPS) is 18.8. The van der Waals surface area contributed by atoms with Gasteiger partial charge in [0.15, 0.2) is 0 Å². The van der Waals surface area contributed by atoms with Crippen LogP contribution in [0.4, 0.5) is 0 Å². The summed E-state index contributed by atoms with van der Waals surface area (Å²) >= 11 is 1.71. The lowest BCUT2D eigenvalue weighted by Crippen LogP contribution is -1.76. The maximum atomic E-state index is 4.13. The van der Waals surface area contributed by atoms with Crippen molar-refractivity contribution < 1.29 is 0 Å². The van der Waals surface area contributed by atoms with E-state index in [1.807, 2.05) is 23.7 Å². The molecule has 1 aliphatic heterocycles. The molecule has 0 N–H and O–H groups in total. The molecule has 0 saturated heterocycles. The SMILES string of the molecule is C1=NCC(=Cc2ccccc2)S1. The van der Waals surface area contributed by atoms with Crippen molar-refractivity contribution in [3.63, 3.8) is 0 Å². The van der Waals surface area contributed by atoms with Crippen molar-refractivity contribution in [3.8, 4) is 0 Å². The molecule has 0 atom stereocenters. The number of rotatable bonds is 1. The first-order valence-corrected chi connectivity index (χ1v) is 4.74. The second-order valence-electron chi connectivity index (χ2n) is 2.59. The van der Waals surface area contributed by atoms with Gasteiger partial charge in [-0.3, -0.25) is 4.99 Å². The molecule has 0 spiro atoms. The molecule has 0 fully saturated rings. The van der Waals surface area contributed by atoms with Crippen LogP contribution in [0.25, 0.3) is 6.08 Å². The monoisotopic (exact) mass is 175 g/mol. The maximum absolute atomic E-state index is 4.13. The Morgan fingerprint density at radius 2 is 2.08 bits per heavy atom. The number of aliphatic imine (C=N–C) groups is 1. The Hall–Kier alpha value is -1.02. The Bertz CT molecular complexity index is 304. The molecule has 60 valence electrons. The first-order chi connectivity index (χ1) is 5.95. The summed E-state index contributed by atoms with van der Waals surface area (Å²) in [5.41, 5.74) is 3.15. The minimum Gasteiger partial charge on any atom is -0.281 e. The zero-order valence-corrected chi connectivity index (χ0v) is 7.42. The predicted molar refractivity (Wildman–Crippen MR) is 55.4 cm³/mol. The third-order valence-electron chi connectivity index (χ3n) is 1.65. The Morgan fingerprint density at radius 1 is 1.25 bits per heavy atom. The van der Waals surface area contributed by atoms with E-state index in [-0.39, 0.29) is 0 Å². The second-order valence-corrected chi connectivity index (χ2v) is 3.56. The number of hydrogen-bond donors (Lipinski definition) is 0. The molecule has 0 aromatic heterocycles. The first-order valence-electron chi connectivity index (χ1n) is 3.86. The molecule has 12 heavy (non-hydrogen) atoms. The molecular weight excluding hydrogens is 166 g/mol. The Labute approximate surface area is 76.2 Å². The molecule has 0 radical (unpaired) electrons. The zero-order valence-electron chi connectivity index (χ0n) is 6.60. The predicted octanol–water partition coefficient (Wildman–Crippen LogP) is 2.80. The van der Waals surface area contributed by atoms with Crippen molar-refractivity contribution in [3.05, 3.63) is 40.8 Å². The fourth-order valence-corrected chi connectivity index (χ4v) is 1.72. The van der Waals surface area contributed by atoms with Crippen LogP contribution in [0, 0.1) is 0 Å². The van der Waals surface area contributed by atoms with E-state index in [2.05, 4.69) is 23.2 Å². The summed E-state index contributed by atoms with van der Waals surface area (Å²) in [5, 5.41) is 0. The van der Waals surface area contributed by atoms with E-state index >= 15 is 0 Å². The Morgan fingerprint density at radius 3 is 2.75 bits per heavy atom. The largest absolute Gasteiger partial charge is 0.281 e. The van der Waals surface area contributed by atoms with E-state index < -0.39 is 0 Å². The van der Waals surface area contributed by atoms with E-state index in [4.69, 9.17) is 0 Å². The van der Waals surface area contributed by atoms with Gasteiger partial charge in [-0.05, 0) is 11.6 Å². The standard InChI is InChI=1S/C10H9NS/c1-2-4-9(5-3-1)6-10-7-11-8-12-10/h1-6,8H,7H2. The molecule has 0 bridgehead atoms. The van der Waals surface area contributed by atoms with Gasteiger partial charge in [0.1, 0.15) is 0 Å². The molecule has 0 unspecified atom stereocenters. The Balaban J connectivity index is 2.17. The molecule has 1 nitrogen and oxygen atoms in total. The van der Waals surface area contributed by atoms with Crippen LogP contribution in [0.15, 0.2) is 40.2 Å². The van der Waals surface area contributed by atoms with Crippen LogP contribution in [0.1, 0.15) is 5.56 Å². The molecule has 2 rings (SSSR count). The number of benzene rings is 1. The summed E-state index contributed by atoms with van der Waals surface area (Å²) in [7, 11) is 0. The average Bonchev–Trinajstić information content (AvgIpc) is 2.59. The van der Waals surface area contributed by atoms with E-state index in [0.717, 1.165) is 6.54 Å². The first kappa shape index (κ1) is 7.62. The van der Waals surface area contributed by atoms with E-state index in [1.54, 1.807) is 11.8 Å². The highest BCUT2D eigenvalue weighted by atomic mass is 32.2. The van der Waals surface area contributed by atoms with Gasteiger partial charge in [-0.2, -0.15) is 0 Å². The lowest BCUT2D eigenvalue weighted by atomic mass is 10.2. The zero-order chi connectivity index (χ0) is 8.23. The van der Waals surface area contributed by atoms with Gasteiger partial charge in [-0.1, -0.05) is 42.1 Å². The van der Waals surface area contributed by atoms with Crippen molar-refractivity contribution in [1.29, 1.82) is 0 Å². The topological polar surface area (TPSA) is 12.4 Å².